The second-order valence-corrected chi connectivity index (χ2v) is 10.2. The Kier molecular flexibility index (Phi) is 12.9. The molecule has 0 saturated heterocycles. The van der Waals surface area contributed by atoms with Crippen LogP contribution in [-0.2, 0) is 50.7 Å². The molecule has 2 N–H and O–H groups in total. The van der Waals surface area contributed by atoms with Crippen molar-refractivity contribution in [3.05, 3.63) is 29.3 Å². The third-order valence-corrected chi connectivity index (χ3v) is 5.85. The quantitative estimate of drug-likeness (QED) is 0.152. The molecule has 2 amide bonds. The second-order valence-electron chi connectivity index (χ2n) is 8.27. The maximum Gasteiger partial charge on any atom is 0.305 e. The summed E-state index contributed by atoms with van der Waals surface area (Å²) in [6, 6.07) is 4.11. The Hall–Kier alpha value is -2.50. The largest absolute Gasteiger partial charge is 0.469 e. The van der Waals surface area contributed by atoms with E-state index < -0.39 is 28.0 Å². The van der Waals surface area contributed by atoms with Crippen LogP contribution < -0.4 is 10.6 Å². The van der Waals surface area contributed by atoms with Crippen molar-refractivity contribution >= 4 is 51.0 Å². The number of amides is 2. The Labute approximate surface area is 211 Å². The fraction of sp³-hybridized carbons (Fsp3) is 0.565. The lowest BCUT2D eigenvalue weighted by atomic mass is 9.99. The van der Waals surface area contributed by atoms with Crippen LogP contribution >= 0.6 is 11.6 Å². The molecule has 196 valence electrons. The number of benzene rings is 1. The van der Waals surface area contributed by atoms with Crippen LogP contribution in [0.5, 0.6) is 0 Å². The zero-order chi connectivity index (χ0) is 26.6. The summed E-state index contributed by atoms with van der Waals surface area (Å²) in [5.41, 5.74) is 1.56. The van der Waals surface area contributed by atoms with E-state index in [1.807, 2.05) is 0 Å². The number of halogens is 1. The minimum absolute atomic E-state index is 0.0884. The molecular weight excluding hydrogens is 500 g/mol. The monoisotopic (exact) mass is 532 g/mol. The van der Waals surface area contributed by atoms with Crippen molar-refractivity contribution in [3.8, 4) is 0 Å². The number of ether oxygens (including phenoxy) is 1. The van der Waals surface area contributed by atoms with Crippen molar-refractivity contribution < 1.29 is 36.5 Å². The van der Waals surface area contributed by atoms with Crippen molar-refractivity contribution in [3.63, 3.8) is 0 Å². The van der Waals surface area contributed by atoms with E-state index in [9.17, 15) is 27.6 Å². The molecule has 0 aliphatic rings. The van der Waals surface area contributed by atoms with Gasteiger partial charge in [0.05, 0.1) is 26.0 Å². The van der Waals surface area contributed by atoms with Gasteiger partial charge in [0.1, 0.15) is 0 Å². The highest BCUT2D eigenvalue weighted by Gasteiger charge is 2.22. The number of anilines is 1. The highest BCUT2D eigenvalue weighted by molar-refractivity contribution is 7.85. The summed E-state index contributed by atoms with van der Waals surface area (Å²) in [6.45, 7) is 2.94. The number of rotatable bonds is 15. The highest BCUT2D eigenvalue weighted by atomic mass is 35.5. The molecule has 1 rings (SSSR count). The first-order valence-electron chi connectivity index (χ1n) is 11.1. The topological polar surface area (TPSA) is 145 Å². The first-order valence-corrected chi connectivity index (χ1v) is 13.4. The number of hydrogen-bond acceptors (Lipinski definition) is 8. The molecule has 0 spiro atoms. The number of ketones is 1. The zero-order valence-electron chi connectivity index (χ0n) is 20.4. The third kappa shape index (κ3) is 12.7. The standard InChI is InChI=1S/C23H33ClN2O8S/c1-15(9-20(27)16(2)25-21(28)7-5-6-8-22(29)33-3)23(30)26-19-11-17(13-24)10-18(12-19)14-34-35(4,31)32/h10-12,15-16H,5-9,13-14H2,1-4H3,(H,25,28)(H,26,30)/t15-,16+/m1/s1. The Morgan fingerprint density at radius 3 is 2.26 bits per heavy atom. The van der Waals surface area contributed by atoms with Crippen LogP contribution in [0.1, 0.15) is 57.1 Å². The Morgan fingerprint density at radius 1 is 1.03 bits per heavy atom. The molecule has 35 heavy (non-hydrogen) atoms. The van der Waals surface area contributed by atoms with Gasteiger partial charge in [-0.15, -0.1) is 11.6 Å². The van der Waals surface area contributed by atoms with Crippen molar-refractivity contribution in [1.29, 1.82) is 0 Å². The lowest BCUT2D eigenvalue weighted by Crippen LogP contribution is -2.39. The number of carbonyl (C=O) groups is 4. The molecule has 1 aromatic rings. The maximum absolute atomic E-state index is 12.6. The van der Waals surface area contributed by atoms with Gasteiger partial charge in [-0.2, -0.15) is 8.42 Å². The van der Waals surface area contributed by atoms with Gasteiger partial charge in [-0.05, 0) is 43.0 Å². The van der Waals surface area contributed by atoms with Crippen molar-refractivity contribution in [2.45, 2.75) is 64.5 Å². The van der Waals surface area contributed by atoms with Crippen molar-refractivity contribution in [2.75, 3.05) is 18.7 Å². The molecule has 0 aliphatic heterocycles. The first kappa shape index (κ1) is 30.5. The highest BCUT2D eigenvalue weighted by Crippen LogP contribution is 2.19. The van der Waals surface area contributed by atoms with Gasteiger partial charge in [0, 0.05) is 36.7 Å². The summed E-state index contributed by atoms with van der Waals surface area (Å²) >= 11 is 5.89. The average molecular weight is 533 g/mol. The molecule has 0 aromatic heterocycles. The third-order valence-electron chi connectivity index (χ3n) is 4.99. The van der Waals surface area contributed by atoms with E-state index in [0.29, 0.717) is 29.7 Å². The number of hydrogen-bond donors (Lipinski definition) is 2. The minimum Gasteiger partial charge on any atom is -0.469 e. The number of methoxy groups -OCH3 is 1. The second kappa shape index (κ2) is 14.8. The summed E-state index contributed by atoms with van der Waals surface area (Å²) in [6.07, 6.45) is 2.24. The average Bonchev–Trinajstić information content (AvgIpc) is 2.79. The van der Waals surface area contributed by atoms with Gasteiger partial charge in [0.15, 0.2) is 5.78 Å². The lowest BCUT2D eigenvalue weighted by Gasteiger charge is -2.17. The van der Waals surface area contributed by atoms with Gasteiger partial charge in [0.2, 0.25) is 11.8 Å². The summed E-state index contributed by atoms with van der Waals surface area (Å²) in [5.74, 6) is -1.90. The number of alkyl halides is 1. The van der Waals surface area contributed by atoms with Gasteiger partial charge in [0.25, 0.3) is 10.1 Å². The Balaban J connectivity index is 2.60. The van der Waals surface area contributed by atoms with Crippen LogP contribution in [0.25, 0.3) is 0 Å². The van der Waals surface area contributed by atoms with Crippen LogP contribution in [0.15, 0.2) is 18.2 Å². The number of carbonyl (C=O) groups excluding carboxylic acids is 4. The summed E-state index contributed by atoms with van der Waals surface area (Å²) in [7, 11) is -2.34. The molecule has 0 unspecified atom stereocenters. The van der Waals surface area contributed by atoms with Gasteiger partial charge in [-0.1, -0.05) is 13.0 Å². The molecule has 0 heterocycles. The van der Waals surface area contributed by atoms with Gasteiger partial charge in [-0.25, -0.2) is 0 Å². The number of unbranched alkanes of at least 4 members (excludes halogenated alkanes) is 1. The zero-order valence-corrected chi connectivity index (χ0v) is 22.0. The fourth-order valence-corrected chi connectivity index (χ4v) is 3.56. The molecular formula is C23H33ClN2O8S. The van der Waals surface area contributed by atoms with Crippen LogP contribution in [0.3, 0.4) is 0 Å². The minimum atomic E-state index is -3.64. The Bertz CT molecular complexity index is 1010. The normalized spacial score (nSPS) is 12.9. The van der Waals surface area contributed by atoms with Crippen LogP contribution in [0.2, 0.25) is 0 Å². The van der Waals surface area contributed by atoms with E-state index in [-0.39, 0.29) is 49.4 Å². The molecule has 0 radical (unpaired) electrons. The van der Waals surface area contributed by atoms with Crippen LogP contribution in [0.4, 0.5) is 5.69 Å². The molecule has 0 saturated carbocycles. The molecule has 0 aliphatic carbocycles. The van der Waals surface area contributed by atoms with E-state index in [2.05, 4.69) is 15.4 Å². The van der Waals surface area contributed by atoms with Crippen molar-refractivity contribution in [1.82, 2.24) is 5.32 Å². The molecule has 0 fully saturated rings. The molecule has 12 heteroatoms. The SMILES string of the molecule is COC(=O)CCCCC(=O)N[C@@H](C)C(=O)C[C@@H](C)C(=O)Nc1cc(CCl)cc(COS(C)(=O)=O)c1. The summed E-state index contributed by atoms with van der Waals surface area (Å²) in [5, 5.41) is 5.32. The van der Waals surface area contributed by atoms with E-state index in [0.717, 1.165) is 6.26 Å². The maximum atomic E-state index is 12.6. The van der Waals surface area contributed by atoms with Crippen LogP contribution in [0, 0.1) is 5.92 Å². The number of Topliss-reactive ketones (excluding diaryl/α,β-unsaturated/α-hetero) is 1. The number of esters is 1. The predicted octanol–water partition coefficient (Wildman–Crippen LogP) is 2.67. The fourth-order valence-electron chi connectivity index (χ4n) is 3.06. The van der Waals surface area contributed by atoms with Crippen molar-refractivity contribution in [2.24, 2.45) is 5.92 Å². The van der Waals surface area contributed by atoms with E-state index in [4.69, 9.17) is 15.8 Å². The van der Waals surface area contributed by atoms with Gasteiger partial charge >= 0.3 is 5.97 Å². The predicted molar refractivity (Wildman–Crippen MR) is 131 cm³/mol. The van der Waals surface area contributed by atoms with E-state index in [1.165, 1.54) is 7.11 Å². The molecule has 1 aromatic carbocycles. The number of nitrogens with one attached hydrogen (secondary N) is 2. The Morgan fingerprint density at radius 2 is 1.66 bits per heavy atom. The van der Waals surface area contributed by atoms with Crippen LogP contribution in [-0.4, -0.2) is 51.4 Å². The molecule has 2 atom stereocenters. The van der Waals surface area contributed by atoms with Gasteiger partial charge in [-0.3, -0.25) is 23.4 Å². The summed E-state index contributed by atoms with van der Waals surface area (Å²) in [4.78, 5) is 48.2. The molecule has 10 nitrogen and oxygen atoms in total. The molecule has 0 bridgehead atoms. The van der Waals surface area contributed by atoms with E-state index in [1.54, 1.807) is 32.0 Å². The first-order chi connectivity index (χ1) is 16.3. The van der Waals surface area contributed by atoms with E-state index >= 15 is 0 Å². The lowest BCUT2D eigenvalue weighted by molar-refractivity contribution is -0.140. The summed E-state index contributed by atoms with van der Waals surface area (Å²) < 4.78 is 31.8. The van der Waals surface area contributed by atoms with Gasteiger partial charge < -0.3 is 15.4 Å². The smallest absolute Gasteiger partial charge is 0.305 e.